The first kappa shape index (κ1) is 22.3. The molecular formula is C25H30N4O2. The van der Waals surface area contributed by atoms with Gasteiger partial charge in [-0.05, 0) is 60.0 Å². The number of carbonyl (C=O) groups excluding carboxylic acids is 2. The van der Waals surface area contributed by atoms with E-state index in [1.807, 2.05) is 73.6 Å². The molecule has 4 N–H and O–H groups in total. The van der Waals surface area contributed by atoms with E-state index in [4.69, 9.17) is 5.73 Å². The number of nitrogens with one attached hydrogen (secondary N) is 2. The van der Waals surface area contributed by atoms with Crippen LogP contribution in [0.3, 0.4) is 0 Å². The molecule has 0 bridgehead atoms. The lowest BCUT2D eigenvalue weighted by molar-refractivity contribution is -0.123. The van der Waals surface area contributed by atoms with Gasteiger partial charge in [-0.25, -0.2) is 0 Å². The number of anilines is 1. The second kappa shape index (κ2) is 10.6. The Morgan fingerprint density at radius 3 is 2.39 bits per heavy atom. The van der Waals surface area contributed by atoms with Gasteiger partial charge in [-0.1, -0.05) is 42.5 Å². The summed E-state index contributed by atoms with van der Waals surface area (Å²) in [5, 5.41) is 7.83. The van der Waals surface area contributed by atoms with Gasteiger partial charge in [0.15, 0.2) is 0 Å². The van der Waals surface area contributed by atoms with Crippen LogP contribution in [0.4, 0.5) is 5.69 Å². The maximum Gasteiger partial charge on any atom is 0.251 e. The van der Waals surface area contributed by atoms with Crippen molar-refractivity contribution >= 4 is 28.3 Å². The zero-order chi connectivity index (χ0) is 22.2. The summed E-state index contributed by atoms with van der Waals surface area (Å²) < 4.78 is 0. The third kappa shape index (κ3) is 6.06. The predicted molar refractivity (Wildman–Crippen MR) is 126 cm³/mol. The topological polar surface area (TPSA) is 87.5 Å². The van der Waals surface area contributed by atoms with Crippen molar-refractivity contribution in [1.29, 1.82) is 0 Å². The van der Waals surface area contributed by atoms with Gasteiger partial charge in [0.1, 0.15) is 6.04 Å². The van der Waals surface area contributed by atoms with Crippen molar-refractivity contribution in [3.8, 4) is 0 Å². The lowest BCUT2D eigenvalue weighted by Crippen LogP contribution is -2.46. The van der Waals surface area contributed by atoms with Gasteiger partial charge in [-0.2, -0.15) is 0 Å². The fraction of sp³-hybridized carbons (Fsp3) is 0.280. The first-order valence-electron chi connectivity index (χ1n) is 10.5. The van der Waals surface area contributed by atoms with Gasteiger partial charge < -0.3 is 21.3 Å². The molecule has 3 aromatic rings. The third-order valence-corrected chi connectivity index (χ3v) is 5.23. The van der Waals surface area contributed by atoms with Crippen molar-refractivity contribution in [2.75, 3.05) is 25.5 Å². The van der Waals surface area contributed by atoms with Crippen LogP contribution in [0.1, 0.15) is 28.8 Å². The zero-order valence-electron chi connectivity index (χ0n) is 18.1. The molecule has 0 saturated heterocycles. The fourth-order valence-electron chi connectivity index (χ4n) is 3.39. The standard InChI is InChI=1S/C25H30N4O2/c1-29(2)22-13-12-19-15-21(11-10-20(19)16-22)24(30)28-23(9-6-14-26)25(31)27-17-18-7-4-3-5-8-18/h3-5,7-8,10-13,15-16,23H,6,9,14,17,26H2,1-2H3,(H,27,31)(H,28,30). The van der Waals surface area contributed by atoms with E-state index < -0.39 is 6.04 Å². The van der Waals surface area contributed by atoms with Gasteiger partial charge in [0.2, 0.25) is 5.91 Å². The summed E-state index contributed by atoms with van der Waals surface area (Å²) >= 11 is 0. The van der Waals surface area contributed by atoms with Crippen LogP contribution in [-0.4, -0.2) is 38.5 Å². The minimum Gasteiger partial charge on any atom is -0.378 e. The van der Waals surface area contributed by atoms with Crippen molar-refractivity contribution in [3.63, 3.8) is 0 Å². The van der Waals surface area contributed by atoms with E-state index in [0.29, 0.717) is 31.5 Å². The number of rotatable bonds is 9. The summed E-state index contributed by atoms with van der Waals surface area (Å²) in [5.74, 6) is -0.475. The van der Waals surface area contributed by atoms with Crippen LogP contribution in [0.2, 0.25) is 0 Å². The fourth-order valence-corrected chi connectivity index (χ4v) is 3.39. The van der Waals surface area contributed by atoms with Crippen molar-refractivity contribution < 1.29 is 9.59 Å². The van der Waals surface area contributed by atoms with Gasteiger partial charge in [0, 0.05) is 31.9 Å². The maximum atomic E-state index is 12.9. The Labute approximate surface area is 183 Å². The smallest absolute Gasteiger partial charge is 0.251 e. The van der Waals surface area contributed by atoms with Gasteiger partial charge >= 0.3 is 0 Å². The summed E-state index contributed by atoms with van der Waals surface area (Å²) in [6.45, 7) is 0.876. The number of hydrogen-bond donors (Lipinski definition) is 3. The van der Waals surface area contributed by atoms with E-state index in [1.165, 1.54) is 0 Å². The summed E-state index contributed by atoms with van der Waals surface area (Å²) in [4.78, 5) is 27.7. The Bertz CT molecular complexity index is 1030. The lowest BCUT2D eigenvalue weighted by atomic mass is 10.0. The molecule has 6 heteroatoms. The molecule has 0 radical (unpaired) electrons. The number of amides is 2. The molecule has 0 aromatic heterocycles. The molecule has 0 heterocycles. The molecular weight excluding hydrogens is 388 g/mol. The number of nitrogens with two attached hydrogens (primary N) is 1. The predicted octanol–water partition coefficient (Wildman–Crippen LogP) is 3.06. The summed E-state index contributed by atoms with van der Waals surface area (Å²) in [6, 6.07) is 20.7. The molecule has 6 nitrogen and oxygen atoms in total. The molecule has 0 aliphatic heterocycles. The van der Waals surface area contributed by atoms with Crippen molar-refractivity contribution in [2.45, 2.75) is 25.4 Å². The van der Waals surface area contributed by atoms with E-state index in [9.17, 15) is 9.59 Å². The SMILES string of the molecule is CN(C)c1ccc2cc(C(=O)NC(CCCN)C(=O)NCc3ccccc3)ccc2c1. The van der Waals surface area contributed by atoms with Crippen molar-refractivity contribution in [1.82, 2.24) is 10.6 Å². The number of nitrogens with zero attached hydrogens (tertiary/aromatic N) is 1. The second-order valence-electron chi connectivity index (χ2n) is 7.80. The van der Waals surface area contributed by atoms with Gasteiger partial charge in [0.05, 0.1) is 0 Å². The molecule has 0 fully saturated rings. The highest BCUT2D eigenvalue weighted by molar-refractivity contribution is 6.01. The quantitative estimate of drug-likeness (QED) is 0.498. The Balaban J connectivity index is 1.70. The Kier molecular flexibility index (Phi) is 7.62. The van der Waals surface area contributed by atoms with Crippen LogP contribution in [0, 0.1) is 0 Å². The van der Waals surface area contributed by atoms with Crippen LogP contribution in [-0.2, 0) is 11.3 Å². The highest BCUT2D eigenvalue weighted by Gasteiger charge is 2.21. The summed E-state index contributed by atoms with van der Waals surface area (Å²) in [5.41, 5.74) is 8.26. The molecule has 162 valence electrons. The number of hydrogen-bond acceptors (Lipinski definition) is 4. The first-order chi connectivity index (χ1) is 15.0. The molecule has 2 amide bonds. The van der Waals surface area contributed by atoms with Crippen LogP contribution in [0.15, 0.2) is 66.7 Å². The van der Waals surface area contributed by atoms with Crippen LogP contribution in [0.5, 0.6) is 0 Å². The third-order valence-electron chi connectivity index (χ3n) is 5.23. The lowest BCUT2D eigenvalue weighted by Gasteiger charge is -2.19. The van der Waals surface area contributed by atoms with E-state index in [-0.39, 0.29) is 11.8 Å². The molecule has 0 aliphatic carbocycles. The van der Waals surface area contributed by atoms with Crippen LogP contribution >= 0.6 is 0 Å². The highest BCUT2D eigenvalue weighted by atomic mass is 16.2. The molecule has 0 spiro atoms. The zero-order valence-corrected chi connectivity index (χ0v) is 18.1. The average molecular weight is 419 g/mol. The molecule has 1 unspecified atom stereocenters. The Morgan fingerprint density at radius 2 is 1.68 bits per heavy atom. The van der Waals surface area contributed by atoms with Crippen LogP contribution < -0.4 is 21.3 Å². The number of carbonyl (C=O) groups is 2. The summed E-state index contributed by atoms with van der Waals surface area (Å²) in [7, 11) is 3.99. The maximum absolute atomic E-state index is 12.9. The Hall–Kier alpha value is -3.38. The number of benzene rings is 3. The molecule has 0 saturated carbocycles. The van der Waals surface area contributed by atoms with Crippen molar-refractivity contribution in [3.05, 3.63) is 77.9 Å². The molecule has 3 rings (SSSR count). The minimum absolute atomic E-state index is 0.206. The van der Waals surface area contributed by atoms with E-state index in [0.717, 1.165) is 22.0 Å². The normalized spacial score (nSPS) is 11.7. The largest absolute Gasteiger partial charge is 0.378 e. The highest BCUT2D eigenvalue weighted by Crippen LogP contribution is 2.22. The van der Waals surface area contributed by atoms with E-state index in [2.05, 4.69) is 16.7 Å². The average Bonchev–Trinajstić information content (AvgIpc) is 2.79. The second-order valence-corrected chi connectivity index (χ2v) is 7.80. The van der Waals surface area contributed by atoms with Crippen LogP contribution in [0.25, 0.3) is 10.8 Å². The van der Waals surface area contributed by atoms with Crippen molar-refractivity contribution in [2.24, 2.45) is 5.73 Å². The molecule has 3 aromatic carbocycles. The first-order valence-corrected chi connectivity index (χ1v) is 10.5. The van der Waals surface area contributed by atoms with E-state index >= 15 is 0 Å². The molecule has 1 atom stereocenters. The summed E-state index contributed by atoms with van der Waals surface area (Å²) in [6.07, 6.45) is 1.14. The Morgan fingerprint density at radius 1 is 0.968 bits per heavy atom. The van der Waals surface area contributed by atoms with Gasteiger partial charge in [0.25, 0.3) is 5.91 Å². The molecule has 0 aliphatic rings. The monoisotopic (exact) mass is 418 g/mol. The van der Waals surface area contributed by atoms with Gasteiger partial charge in [-0.3, -0.25) is 9.59 Å². The van der Waals surface area contributed by atoms with Gasteiger partial charge in [-0.15, -0.1) is 0 Å². The molecule has 31 heavy (non-hydrogen) atoms. The van der Waals surface area contributed by atoms with E-state index in [1.54, 1.807) is 6.07 Å². The number of fused-ring (bicyclic) bond motifs is 1. The minimum atomic E-state index is -0.633.